The van der Waals surface area contributed by atoms with E-state index in [-0.39, 0.29) is 12.5 Å². The summed E-state index contributed by atoms with van der Waals surface area (Å²) in [6.45, 7) is -0.561. The molecule has 5 heteroatoms. The van der Waals surface area contributed by atoms with Crippen LogP contribution >= 0.6 is 11.6 Å². The van der Waals surface area contributed by atoms with E-state index in [9.17, 15) is 9.18 Å². The van der Waals surface area contributed by atoms with Crippen LogP contribution < -0.4 is 10.1 Å². The highest BCUT2D eigenvalue weighted by molar-refractivity contribution is 6.30. The molecule has 1 amide bonds. The average molecular weight is 320 g/mol. The van der Waals surface area contributed by atoms with Crippen molar-refractivity contribution in [2.24, 2.45) is 0 Å². The molecule has 22 heavy (non-hydrogen) atoms. The van der Waals surface area contributed by atoms with Gasteiger partial charge in [0, 0.05) is 22.9 Å². The first-order valence-electron chi connectivity index (χ1n) is 6.71. The molecule has 114 valence electrons. The second-order valence-corrected chi connectivity index (χ2v) is 4.88. The number of halogens is 2. The molecule has 1 N–H and O–H groups in total. The molecule has 3 nitrogen and oxygen atoms in total. The van der Waals surface area contributed by atoms with Crippen molar-refractivity contribution in [3.63, 3.8) is 0 Å². The number of ether oxygens (including phenoxy) is 1. The molecule has 0 aromatic heterocycles. The minimum Gasteiger partial charge on any atom is -0.491 e. The maximum atomic E-state index is 12.1. The van der Waals surface area contributed by atoms with Gasteiger partial charge in [-0.3, -0.25) is 4.79 Å². The van der Waals surface area contributed by atoms with E-state index in [0.29, 0.717) is 16.5 Å². The summed E-state index contributed by atoms with van der Waals surface area (Å²) in [6, 6.07) is 14.0. The van der Waals surface area contributed by atoms with E-state index in [1.54, 1.807) is 42.5 Å². The van der Waals surface area contributed by atoms with E-state index in [4.69, 9.17) is 16.3 Å². The molecule has 0 fully saturated rings. The Morgan fingerprint density at radius 1 is 1.23 bits per heavy atom. The number of hydrogen-bond donors (Lipinski definition) is 1. The van der Waals surface area contributed by atoms with Crippen LogP contribution in [0.5, 0.6) is 5.75 Å². The van der Waals surface area contributed by atoms with E-state index in [2.05, 4.69) is 5.32 Å². The zero-order valence-corrected chi connectivity index (χ0v) is 12.5. The fourth-order valence-corrected chi connectivity index (χ4v) is 1.88. The summed E-state index contributed by atoms with van der Waals surface area (Å²) in [4.78, 5) is 11.9. The second kappa shape index (κ2) is 8.20. The molecule has 0 atom stereocenters. The van der Waals surface area contributed by atoms with E-state index in [0.717, 1.165) is 5.56 Å². The molecule has 0 bridgehead atoms. The van der Waals surface area contributed by atoms with Crippen LogP contribution in [-0.4, -0.2) is 19.2 Å². The van der Waals surface area contributed by atoms with Crippen LogP contribution in [0.25, 0.3) is 6.08 Å². The highest BCUT2D eigenvalue weighted by Crippen LogP contribution is 2.17. The molecule has 0 aliphatic carbocycles. The van der Waals surface area contributed by atoms with E-state index in [1.165, 1.54) is 6.08 Å². The van der Waals surface area contributed by atoms with Crippen molar-refractivity contribution in [2.45, 2.75) is 0 Å². The molecule has 0 unspecified atom stereocenters. The van der Waals surface area contributed by atoms with Gasteiger partial charge in [0.25, 0.3) is 0 Å². The number of benzene rings is 2. The highest BCUT2D eigenvalue weighted by atomic mass is 35.5. The zero-order valence-electron chi connectivity index (χ0n) is 11.8. The molecule has 0 saturated carbocycles. The van der Waals surface area contributed by atoms with Gasteiger partial charge in [-0.2, -0.15) is 0 Å². The molecule has 0 saturated heterocycles. The van der Waals surface area contributed by atoms with Gasteiger partial charge in [-0.15, -0.1) is 0 Å². The van der Waals surface area contributed by atoms with Crippen molar-refractivity contribution < 1.29 is 13.9 Å². The third-order valence-corrected chi connectivity index (χ3v) is 3.00. The fraction of sp³-hybridized carbons (Fsp3) is 0.118. The smallest absolute Gasteiger partial charge is 0.248 e. The van der Waals surface area contributed by atoms with Gasteiger partial charge in [0.15, 0.2) is 0 Å². The van der Waals surface area contributed by atoms with Crippen LogP contribution in [0.4, 0.5) is 10.1 Å². The van der Waals surface area contributed by atoms with Crippen molar-refractivity contribution in [3.05, 3.63) is 65.2 Å². The third-order valence-electron chi connectivity index (χ3n) is 2.74. The number of amides is 1. The van der Waals surface area contributed by atoms with Crippen LogP contribution in [0.1, 0.15) is 5.56 Å². The average Bonchev–Trinajstić information content (AvgIpc) is 2.53. The lowest BCUT2D eigenvalue weighted by Gasteiger charge is -2.06. The molecule has 0 radical (unpaired) electrons. The summed E-state index contributed by atoms with van der Waals surface area (Å²) in [5.41, 5.74) is 1.46. The lowest BCUT2D eigenvalue weighted by Crippen LogP contribution is -2.08. The van der Waals surface area contributed by atoms with Crippen LogP contribution in [0, 0.1) is 0 Å². The summed E-state index contributed by atoms with van der Waals surface area (Å²) >= 11 is 5.79. The molecular formula is C17H15ClFNO2. The van der Waals surface area contributed by atoms with Crippen molar-refractivity contribution in [3.8, 4) is 5.75 Å². The van der Waals surface area contributed by atoms with Gasteiger partial charge in [0.1, 0.15) is 19.0 Å². The highest BCUT2D eigenvalue weighted by Gasteiger charge is 2.00. The Bertz CT molecular complexity index is 656. The number of anilines is 1. The van der Waals surface area contributed by atoms with Crippen molar-refractivity contribution in [2.75, 3.05) is 18.6 Å². The fourth-order valence-electron chi connectivity index (χ4n) is 1.75. The number of carbonyl (C=O) groups is 1. The molecular weight excluding hydrogens is 305 g/mol. The first-order chi connectivity index (χ1) is 10.7. The number of nitrogens with one attached hydrogen (secondary N) is 1. The van der Waals surface area contributed by atoms with Gasteiger partial charge >= 0.3 is 0 Å². The topological polar surface area (TPSA) is 38.3 Å². The largest absolute Gasteiger partial charge is 0.491 e. The van der Waals surface area contributed by atoms with E-state index >= 15 is 0 Å². The second-order valence-electron chi connectivity index (χ2n) is 4.44. The SMILES string of the molecule is O=C(/C=C/c1ccc(Cl)cc1)Nc1cccc(OCCF)c1. The maximum absolute atomic E-state index is 12.1. The summed E-state index contributed by atoms with van der Waals surface area (Å²) in [7, 11) is 0. The normalized spacial score (nSPS) is 10.6. The van der Waals surface area contributed by atoms with Crippen LogP contribution in [0.3, 0.4) is 0 Å². The molecule has 2 rings (SSSR count). The van der Waals surface area contributed by atoms with Gasteiger partial charge in [-0.25, -0.2) is 4.39 Å². The monoisotopic (exact) mass is 319 g/mol. The Hall–Kier alpha value is -2.33. The standard InChI is InChI=1S/C17H15ClFNO2/c18-14-7-4-13(5-8-14)6-9-17(21)20-15-2-1-3-16(12-15)22-11-10-19/h1-9,12H,10-11H2,(H,20,21)/b9-6+. The first kappa shape index (κ1) is 16.0. The van der Waals surface area contributed by atoms with Gasteiger partial charge in [0.05, 0.1) is 0 Å². The van der Waals surface area contributed by atoms with Crippen molar-refractivity contribution >= 4 is 29.3 Å². The summed E-state index contributed by atoms with van der Waals surface area (Å²) in [5, 5.41) is 3.36. The number of alkyl halides is 1. The first-order valence-corrected chi connectivity index (χ1v) is 7.08. The number of rotatable bonds is 6. The van der Waals surface area contributed by atoms with E-state index in [1.807, 2.05) is 12.1 Å². The quantitative estimate of drug-likeness (QED) is 0.804. The van der Waals surface area contributed by atoms with Crippen molar-refractivity contribution in [1.29, 1.82) is 0 Å². The molecule has 0 aliphatic heterocycles. The number of hydrogen-bond acceptors (Lipinski definition) is 2. The Kier molecular flexibility index (Phi) is 5.98. The molecule has 0 spiro atoms. The van der Waals surface area contributed by atoms with E-state index < -0.39 is 6.67 Å². The summed E-state index contributed by atoms with van der Waals surface area (Å²) in [5.74, 6) is 0.245. The van der Waals surface area contributed by atoms with Crippen LogP contribution in [0.15, 0.2) is 54.6 Å². The number of carbonyl (C=O) groups excluding carboxylic acids is 1. The lowest BCUT2D eigenvalue weighted by atomic mass is 10.2. The summed E-state index contributed by atoms with van der Waals surface area (Å²) < 4.78 is 17.2. The minimum absolute atomic E-state index is 0.00608. The predicted molar refractivity (Wildman–Crippen MR) is 87.0 cm³/mol. The Morgan fingerprint density at radius 3 is 2.73 bits per heavy atom. The van der Waals surface area contributed by atoms with Gasteiger partial charge in [-0.05, 0) is 35.9 Å². The third kappa shape index (κ3) is 5.22. The zero-order chi connectivity index (χ0) is 15.8. The van der Waals surface area contributed by atoms with Gasteiger partial charge < -0.3 is 10.1 Å². The van der Waals surface area contributed by atoms with Crippen molar-refractivity contribution in [1.82, 2.24) is 0 Å². The Labute approximate surface area is 133 Å². The predicted octanol–water partition coefficient (Wildman–Crippen LogP) is 4.34. The molecule has 0 aliphatic rings. The summed E-state index contributed by atoms with van der Waals surface area (Å²) in [6.07, 6.45) is 3.12. The lowest BCUT2D eigenvalue weighted by molar-refractivity contribution is -0.111. The molecule has 2 aromatic carbocycles. The molecule has 2 aromatic rings. The minimum atomic E-state index is -0.555. The Morgan fingerprint density at radius 2 is 2.00 bits per heavy atom. The molecule has 0 heterocycles. The maximum Gasteiger partial charge on any atom is 0.248 e. The van der Waals surface area contributed by atoms with Crippen LogP contribution in [-0.2, 0) is 4.79 Å². The van der Waals surface area contributed by atoms with Gasteiger partial charge in [0.2, 0.25) is 5.91 Å². The van der Waals surface area contributed by atoms with Crippen LogP contribution in [0.2, 0.25) is 5.02 Å². The van der Waals surface area contributed by atoms with Gasteiger partial charge in [-0.1, -0.05) is 29.8 Å². The Balaban J connectivity index is 1.95.